The number of thiophene rings is 1. The second kappa shape index (κ2) is 6.70. The van der Waals surface area contributed by atoms with E-state index in [1.54, 1.807) is 40.3 Å². The number of anilines is 1. The van der Waals surface area contributed by atoms with Gasteiger partial charge in [-0.1, -0.05) is 12.1 Å². The molecule has 1 aromatic carbocycles. The third-order valence-electron chi connectivity index (χ3n) is 5.65. The van der Waals surface area contributed by atoms with Gasteiger partial charge in [-0.05, 0) is 54.3 Å². The lowest BCUT2D eigenvalue weighted by atomic mass is 9.77. The van der Waals surface area contributed by atoms with Crippen molar-refractivity contribution >= 4 is 28.9 Å². The third kappa shape index (κ3) is 2.73. The van der Waals surface area contributed by atoms with Crippen LogP contribution in [0.3, 0.4) is 0 Å². The van der Waals surface area contributed by atoms with Crippen LogP contribution in [0.2, 0.25) is 0 Å². The maximum Gasteiger partial charge on any atom is 0.337 e. The number of Topliss-reactive ketones (excluding diaryl/α,β-unsaturated/α-hetero) is 1. The van der Waals surface area contributed by atoms with Crippen LogP contribution in [-0.4, -0.2) is 26.6 Å². The Balaban J connectivity index is 1.77. The zero-order valence-electron chi connectivity index (χ0n) is 15.8. The molecule has 29 heavy (non-hydrogen) atoms. The van der Waals surface area contributed by atoms with E-state index in [0.29, 0.717) is 12.1 Å². The van der Waals surface area contributed by atoms with Crippen LogP contribution in [-0.2, 0) is 4.79 Å². The molecular weight excluding hydrogens is 386 g/mol. The summed E-state index contributed by atoms with van der Waals surface area (Å²) in [5.74, 6) is -0.244. The SMILES string of the molecule is Cc1nn(-c2ccccc2C(=O)O)c2c1[C@@H](c1ccsc1)C1=C(CCCC1=O)N2. The molecule has 2 aromatic heterocycles. The topological polar surface area (TPSA) is 84.2 Å². The van der Waals surface area contributed by atoms with Crippen LogP contribution >= 0.6 is 11.3 Å². The zero-order valence-corrected chi connectivity index (χ0v) is 16.6. The molecule has 0 amide bonds. The van der Waals surface area contributed by atoms with Crippen molar-refractivity contribution in [3.8, 4) is 5.69 Å². The zero-order chi connectivity index (χ0) is 20.1. The van der Waals surface area contributed by atoms with Crippen LogP contribution in [0.15, 0.2) is 52.4 Å². The first kappa shape index (κ1) is 17.9. The first-order valence-corrected chi connectivity index (χ1v) is 10.5. The Kier molecular flexibility index (Phi) is 4.13. The van der Waals surface area contributed by atoms with Crippen LogP contribution < -0.4 is 5.32 Å². The quantitative estimate of drug-likeness (QED) is 0.670. The molecule has 3 aromatic rings. The Labute approximate surface area is 171 Å². The smallest absolute Gasteiger partial charge is 0.337 e. The molecule has 1 aliphatic heterocycles. The van der Waals surface area contributed by atoms with Gasteiger partial charge in [0.15, 0.2) is 5.78 Å². The molecule has 0 spiro atoms. The predicted molar refractivity (Wildman–Crippen MR) is 111 cm³/mol. The van der Waals surface area contributed by atoms with Gasteiger partial charge in [0.1, 0.15) is 5.82 Å². The number of aryl methyl sites for hydroxylation is 1. The predicted octanol–water partition coefficient (Wildman–Crippen LogP) is 4.50. The number of rotatable bonds is 3. The van der Waals surface area contributed by atoms with Crippen LogP contribution in [0.4, 0.5) is 5.82 Å². The van der Waals surface area contributed by atoms with Gasteiger partial charge in [0, 0.05) is 29.2 Å². The molecule has 0 radical (unpaired) electrons. The minimum absolute atomic E-state index is 0.175. The van der Waals surface area contributed by atoms with Crippen LogP contribution in [0, 0.1) is 6.92 Å². The molecule has 0 saturated heterocycles. The molecule has 3 heterocycles. The van der Waals surface area contributed by atoms with Gasteiger partial charge in [0.05, 0.1) is 16.9 Å². The van der Waals surface area contributed by atoms with Gasteiger partial charge < -0.3 is 10.4 Å². The molecule has 1 aliphatic carbocycles. The largest absolute Gasteiger partial charge is 0.478 e. The fourth-order valence-electron chi connectivity index (χ4n) is 4.41. The van der Waals surface area contributed by atoms with E-state index >= 15 is 0 Å². The number of aromatic nitrogens is 2. The van der Waals surface area contributed by atoms with Gasteiger partial charge in [0.25, 0.3) is 0 Å². The van der Waals surface area contributed by atoms with Gasteiger partial charge in [-0.2, -0.15) is 16.4 Å². The number of para-hydroxylation sites is 1. The highest BCUT2D eigenvalue weighted by atomic mass is 32.1. The van der Waals surface area contributed by atoms with Gasteiger partial charge in [-0.15, -0.1) is 0 Å². The van der Waals surface area contributed by atoms with E-state index in [2.05, 4.69) is 16.8 Å². The second-order valence-corrected chi connectivity index (χ2v) is 8.15. The number of carbonyl (C=O) groups excluding carboxylic acids is 1. The summed E-state index contributed by atoms with van der Waals surface area (Å²) < 4.78 is 1.68. The number of benzene rings is 1. The van der Waals surface area contributed by atoms with Crippen LogP contribution in [0.25, 0.3) is 5.69 Å². The first-order valence-electron chi connectivity index (χ1n) is 9.54. The van der Waals surface area contributed by atoms with Gasteiger partial charge in [-0.25, -0.2) is 9.48 Å². The number of carbonyl (C=O) groups is 2. The Bertz CT molecular complexity index is 1170. The average Bonchev–Trinajstić information content (AvgIpc) is 3.35. The Hall–Kier alpha value is -3.19. The summed E-state index contributed by atoms with van der Waals surface area (Å²) >= 11 is 1.60. The molecular formula is C22H19N3O3S. The Morgan fingerprint density at radius 2 is 2.10 bits per heavy atom. The maximum atomic E-state index is 12.9. The van der Waals surface area contributed by atoms with Crippen LogP contribution in [0.1, 0.15) is 52.4 Å². The summed E-state index contributed by atoms with van der Waals surface area (Å²) in [6.07, 6.45) is 2.17. The van der Waals surface area contributed by atoms with E-state index in [1.807, 2.05) is 12.3 Å². The average molecular weight is 405 g/mol. The van der Waals surface area contributed by atoms with E-state index in [9.17, 15) is 14.7 Å². The number of hydrogen-bond donors (Lipinski definition) is 2. The van der Waals surface area contributed by atoms with E-state index < -0.39 is 5.97 Å². The molecule has 0 fully saturated rings. The molecule has 146 valence electrons. The molecule has 5 rings (SSSR count). The lowest BCUT2D eigenvalue weighted by Gasteiger charge is -2.32. The van der Waals surface area contributed by atoms with Crippen molar-refractivity contribution in [3.63, 3.8) is 0 Å². The highest BCUT2D eigenvalue weighted by Crippen LogP contribution is 2.47. The van der Waals surface area contributed by atoms with Gasteiger partial charge >= 0.3 is 5.97 Å². The van der Waals surface area contributed by atoms with E-state index in [-0.39, 0.29) is 17.3 Å². The Morgan fingerprint density at radius 1 is 1.28 bits per heavy atom. The first-order chi connectivity index (χ1) is 14.1. The van der Waals surface area contributed by atoms with Crippen LogP contribution in [0.5, 0.6) is 0 Å². The van der Waals surface area contributed by atoms with E-state index in [1.165, 1.54) is 0 Å². The number of aromatic carboxylic acids is 1. The summed E-state index contributed by atoms with van der Waals surface area (Å²) in [4.78, 5) is 24.7. The summed E-state index contributed by atoms with van der Waals surface area (Å²) in [7, 11) is 0. The van der Waals surface area contributed by atoms with Crippen molar-refractivity contribution in [1.82, 2.24) is 9.78 Å². The number of carboxylic acids is 1. The molecule has 2 aliphatic rings. The minimum Gasteiger partial charge on any atom is -0.478 e. The van der Waals surface area contributed by atoms with Gasteiger partial charge in [-0.3, -0.25) is 4.79 Å². The summed E-state index contributed by atoms with van der Waals surface area (Å²) in [6, 6.07) is 8.90. The Morgan fingerprint density at radius 3 is 2.86 bits per heavy atom. The molecule has 6 nitrogen and oxygen atoms in total. The molecule has 0 bridgehead atoms. The lowest BCUT2D eigenvalue weighted by molar-refractivity contribution is -0.116. The highest BCUT2D eigenvalue weighted by Gasteiger charge is 2.39. The normalized spacial score (nSPS) is 18.2. The molecule has 0 saturated carbocycles. The number of hydrogen-bond acceptors (Lipinski definition) is 5. The van der Waals surface area contributed by atoms with Gasteiger partial charge in [0.2, 0.25) is 0 Å². The fourth-order valence-corrected chi connectivity index (χ4v) is 5.09. The number of fused-ring (bicyclic) bond motifs is 1. The van der Waals surface area contributed by atoms with Crippen molar-refractivity contribution in [2.75, 3.05) is 5.32 Å². The fraction of sp³-hybridized carbons (Fsp3) is 0.227. The highest BCUT2D eigenvalue weighted by molar-refractivity contribution is 7.08. The molecule has 2 N–H and O–H groups in total. The van der Waals surface area contributed by atoms with E-state index in [0.717, 1.165) is 46.8 Å². The second-order valence-electron chi connectivity index (χ2n) is 7.37. The van der Waals surface area contributed by atoms with Crippen molar-refractivity contribution < 1.29 is 14.7 Å². The van der Waals surface area contributed by atoms with Crippen molar-refractivity contribution in [2.24, 2.45) is 0 Å². The number of allylic oxidation sites excluding steroid dienone is 2. The summed E-state index contributed by atoms with van der Waals surface area (Å²) in [6.45, 7) is 1.92. The third-order valence-corrected chi connectivity index (χ3v) is 6.35. The number of nitrogens with zero attached hydrogens (tertiary/aromatic N) is 2. The summed E-state index contributed by atoms with van der Waals surface area (Å²) in [5, 5.41) is 21.9. The van der Waals surface area contributed by atoms with Crippen molar-refractivity contribution in [1.29, 1.82) is 0 Å². The summed E-state index contributed by atoms with van der Waals surface area (Å²) in [5.41, 5.74) is 5.26. The number of nitrogens with one attached hydrogen (secondary N) is 1. The lowest BCUT2D eigenvalue weighted by Crippen LogP contribution is -2.27. The number of ketones is 1. The van der Waals surface area contributed by atoms with Crippen molar-refractivity contribution in [3.05, 3.63) is 74.7 Å². The van der Waals surface area contributed by atoms with Crippen molar-refractivity contribution in [2.45, 2.75) is 32.1 Å². The molecule has 7 heteroatoms. The maximum absolute atomic E-state index is 12.9. The minimum atomic E-state index is -1.000. The number of carboxylic acid groups (broad SMARTS) is 1. The standard InChI is InChI=1S/C22H19N3O3S/c1-12-18-19(13-9-10-29-11-13)20-15(6-4-8-17(20)26)23-21(18)25(24-12)16-7-3-2-5-14(16)22(27)28/h2-3,5,7,9-11,19,23H,4,6,8H2,1H3,(H,27,28)/t19-/m1/s1. The van der Waals surface area contributed by atoms with E-state index in [4.69, 9.17) is 5.10 Å². The molecule has 1 atom stereocenters. The monoisotopic (exact) mass is 405 g/mol. The molecule has 0 unspecified atom stereocenters.